The van der Waals surface area contributed by atoms with E-state index in [0.717, 1.165) is 10.9 Å². The normalized spacial score (nSPS) is 15.2. The van der Waals surface area contributed by atoms with E-state index in [4.69, 9.17) is 11.6 Å². The molecule has 1 aromatic carbocycles. The molecule has 1 N–H and O–H groups in total. The van der Waals surface area contributed by atoms with Crippen molar-refractivity contribution in [3.63, 3.8) is 0 Å². The molecule has 1 aliphatic rings. The van der Waals surface area contributed by atoms with Crippen LogP contribution in [-0.2, 0) is 4.79 Å². The van der Waals surface area contributed by atoms with Gasteiger partial charge in [0.05, 0.1) is 18.0 Å². The molecule has 1 aliphatic heterocycles. The maximum atomic E-state index is 12.1. The maximum Gasteiger partial charge on any atom is 0.255 e. The highest BCUT2D eigenvalue weighted by Crippen LogP contribution is 2.30. The third-order valence-electron chi connectivity index (χ3n) is 3.56. The van der Waals surface area contributed by atoms with Crippen molar-refractivity contribution in [1.29, 1.82) is 0 Å². The number of halogens is 3. The molecule has 1 aromatic heterocycles. The number of nitrogens with zero attached hydrogens (tertiary/aromatic N) is 3. The number of nitrogens with one attached hydrogen (secondary N) is 1. The van der Waals surface area contributed by atoms with Crippen LogP contribution >= 0.6 is 11.6 Å². The summed E-state index contributed by atoms with van der Waals surface area (Å²) in [5.41, 5.74) is 0.764. The Labute approximate surface area is 130 Å². The van der Waals surface area contributed by atoms with E-state index in [9.17, 15) is 13.6 Å². The number of carbonyl (C=O) groups excluding carboxylic acids is 1. The Morgan fingerprint density at radius 3 is 2.91 bits per heavy atom. The molecule has 0 atom stereocenters. The first-order chi connectivity index (χ1) is 10.5. The predicted molar refractivity (Wildman–Crippen MR) is 79.3 cm³/mol. The molecule has 1 fully saturated rings. The van der Waals surface area contributed by atoms with Gasteiger partial charge in [-0.3, -0.25) is 4.79 Å². The summed E-state index contributed by atoms with van der Waals surface area (Å²) < 4.78 is 24.2. The van der Waals surface area contributed by atoms with Crippen LogP contribution in [0.3, 0.4) is 0 Å². The number of carbonyl (C=O) groups is 1. The van der Waals surface area contributed by atoms with Crippen LogP contribution in [0.25, 0.3) is 10.9 Å². The summed E-state index contributed by atoms with van der Waals surface area (Å²) in [7, 11) is 0. The summed E-state index contributed by atoms with van der Waals surface area (Å²) in [4.78, 5) is 22.0. The standard InChI is InChI=1S/C14H13ClF2N4O/c15-9-1-2-11-10(3-9)13(20-7-19-11)21-5-8(6-21)14(22)18-4-12(16)17/h1-3,7-8,12H,4-6H2,(H,18,22). The zero-order valence-corrected chi connectivity index (χ0v) is 12.2. The number of anilines is 1. The SMILES string of the molecule is O=C(NCC(F)F)C1CN(c2ncnc3ccc(Cl)cc23)C1. The van der Waals surface area contributed by atoms with Crippen molar-refractivity contribution in [2.75, 3.05) is 24.5 Å². The molecule has 8 heteroatoms. The Morgan fingerprint density at radius 1 is 1.41 bits per heavy atom. The van der Waals surface area contributed by atoms with Gasteiger partial charge in [0, 0.05) is 23.5 Å². The van der Waals surface area contributed by atoms with Crippen LogP contribution in [0.1, 0.15) is 0 Å². The van der Waals surface area contributed by atoms with Crippen LogP contribution in [0.2, 0.25) is 5.02 Å². The van der Waals surface area contributed by atoms with Gasteiger partial charge in [-0.15, -0.1) is 0 Å². The quantitative estimate of drug-likeness (QED) is 0.935. The third-order valence-corrected chi connectivity index (χ3v) is 3.79. The third kappa shape index (κ3) is 2.94. The van der Waals surface area contributed by atoms with Gasteiger partial charge >= 0.3 is 0 Å². The Morgan fingerprint density at radius 2 is 2.18 bits per heavy atom. The first kappa shape index (κ1) is 14.9. The fourth-order valence-electron chi connectivity index (χ4n) is 2.41. The zero-order valence-electron chi connectivity index (χ0n) is 11.5. The largest absolute Gasteiger partial charge is 0.354 e. The van der Waals surface area contributed by atoms with Crippen molar-refractivity contribution in [1.82, 2.24) is 15.3 Å². The molecule has 2 aromatic rings. The molecule has 5 nitrogen and oxygen atoms in total. The monoisotopic (exact) mass is 326 g/mol. The molecular weight excluding hydrogens is 314 g/mol. The van der Waals surface area contributed by atoms with E-state index >= 15 is 0 Å². The van der Waals surface area contributed by atoms with Crippen molar-refractivity contribution in [3.05, 3.63) is 29.5 Å². The predicted octanol–water partition coefficient (Wildman–Crippen LogP) is 2.10. The van der Waals surface area contributed by atoms with E-state index in [1.807, 2.05) is 4.90 Å². The van der Waals surface area contributed by atoms with E-state index in [2.05, 4.69) is 15.3 Å². The van der Waals surface area contributed by atoms with E-state index < -0.39 is 13.0 Å². The van der Waals surface area contributed by atoms with Gasteiger partial charge in [-0.1, -0.05) is 11.6 Å². The number of alkyl halides is 2. The lowest BCUT2D eigenvalue weighted by atomic mass is 9.98. The molecule has 0 radical (unpaired) electrons. The molecule has 1 amide bonds. The van der Waals surface area contributed by atoms with Crippen molar-refractivity contribution in [2.45, 2.75) is 6.43 Å². The van der Waals surface area contributed by atoms with Crippen LogP contribution in [0, 0.1) is 5.92 Å². The number of amides is 1. The van der Waals surface area contributed by atoms with Gasteiger partial charge in [-0.05, 0) is 18.2 Å². The van der Waals surface area contributed by atoms with E-state index in [1.54, 1.807) is 18.2 Å². The molecular formula is C14H13ClF2N4O. The lowest BCUT2D eigenvalue weighted by Crippen LogP contribution is -2.54. The van der Waals surface area contributed by atoms with Gasteiger partial charge in [0.25, 0.3) is 6.43 Å². The zero-order chi connectivity index (χ0) is 15.7. The Kier molecular flexibility index (Phi) is 4.06. The summed E-state index contributed by atoms with van der Waals surface area (Å²) in [5, 5.41) is 3.62. The Bertz CT molecular complexity index is 706. The topological polar surface area (TPSA) is 58.1 Å². The number of rotatable bonds is 4. The first-order valence-corrected chi connectivity index (χ1v) is 7.13. The van der Waals surface area contributed by atoms with Crippen molar-refractivity contribution in [3.8, 4) is 0 Å². The van der Waals surface area contributed by atoms with Crippen molar-refractivity contribution >= 4 is 34.2 Å². The van der Waals surface area contributed by atoms with Gasteiger partial charge in [-0.2, -0.15) is 0 Å². The van der Waals surface area contributed by atoms with Crippen LogP contribution in [0.4, 0.5) is 14.6 Å². The number of benzene rings is 1. The average Bonchev–Trinajstić information content (AvgIpc) is 2.44. The molecule has 3 rings (SSSR count). The lowest BCUT2D eigenvalue weighted by Gasteiger charge is -2.39. The highest BCUT2D eigenvalue weighted by molar-refractivity contribution is 6.31. The summed E-state index contributed by atoms with van der Waals surface area (Å²) >= 11 is 6.00. The second-order valence-electron chi connectivity index (χ2n) is 5.10. The Balaban J connectivity index is 1.70. The van der Waals surface area contributed by atoms with Crippen LogP contribution in [-0.4, -0.2) is 41.9 Å². The summed E-state index contributed by atoms with van der Waals surface area (Å²) in [5.74, 6) is 0.0429. The van der Waals surface area contributed by atoms with Gasteiger partial charge in [-0.25, -0.2) is 18.7 Å². The number of fused-ring (bicyclic) bond motifs is 1. The number of aromatic nitrogens is 2. The van der Waals surface area contributed by atoms with E-state index in [0.29, 0.717) is 23.9 Å². The second kappa shape index (κ2) is 6.00. The second-order valence-corrected chi connectivity index (χ2v) is 5.53. The minimum absolute atomic E-state index is 0.303. The van der Waals surface area contributed by atoms with Crippen molar-refractivity contribution in [2.24, 2.45) is 5.92 Å². The summed E-state index contributed by atoms with van der Waals surface area (Å²) in [6.45, 7) is 0.267. The molecule has 22 heavy (non-hydrogen) atoms. The van der Waals surface area contributed by atoms with Gasteiger partial charge in [0.15, 0.2) is 0 Å². The van der Waals surface area contributed by atoms with Crippen LogP contribution in [0.5, 0.6) is 0 Å². The van der Waals surface area contributed by atoms with E-state index in [-0.39, 0.29) is 11.8 Å². The fraction of sp³-hybridized carbons (Fsp3) is 0.357. The minimum Gasteiger partial charge on any atom is -0.354 e. The van der Waals surface area contributed by atoms with Gasteiger partial charge < -0.3 is 10.2 Å². The summed E-state index contributed by atoms with van der Waals surface area (Å²) in [6, 6.07) is 5.32. The van der Waals surface area contributed by atoms with Crippen LogP contribution in [0.15, 0.2) is 24.5 Å². The lowest BCUT2D eigenvalue weighted by molar-refractivity contribution is -0.126. The van der Waals surface area contributed by atoms with Gasteiger partial charge in [0.2, 0.25) is 5.91 Å². The maximum absolute atomic E-state index is 12.1. The highest BCUT2D eigenvalue weighted by Gasteiger charge is 2.34. The molecule has 1 saturated heterocycles. The molecule has 0 bridgehead atoms. The first-order valence-electron chi connectivity index (χ1n) is 6.75. The molecule has 116 valence electrons. The molecule has 0 saturated carbocycles. The molecule has 0 unspecified atom stereocenters. The molecule has 0 aliphatic carbocycles. The summed E-state index contributed by atoms with van der Waals surface area (Å²) in [6.07, 6.45) is -1.08. The van der Waals surface area contributed by atoms with Gasteiger partial charge in [0.1, 0.15) is 12.1 Å². The highest BCUT2D eigenvalue weighted by atomic mass is 35.5. The van der Waals surface area contributed by atoms with E-state index in [1.165, 1.54) is 6.33 Å². The Hall–Kier alpha value is -2.02. The van der Waals surface area contributed by atoms with Crippen molar-refractivity contribution < 1.29 is 13.6 Å². The number of hydrogen-bond donors (Lipinski definition) is 1. The molecule has 2 heterocycles. The average molecular weight is 327 g/mol. The minimum atomic E-state index is -2.53. The molecule has 0 spiro atoms. The van der Waals surface area contributed by atoms with Crippen LogP contribution < -0.4 is 10.2 Å². The smallest absolute Gasteiger partial charge is 0.255 e. The number of hydrogen-bond acceptors (Lipinski definition) is 4. The fourth-order valence-corrected chi connectivity index (χ4v) is 2.58.